The summed E-state index contributed by atoms with van der Waals surface area (Å²) < 4.78 is 19.9. The van der Waals surface area contributed by atoms with Crippen LogP contribution in [0.3, 0.4) is 0 Å². The molecule has 2 heterocycles. The standard InChI is InChI=1S/C27H36FN5O3/c1-4-11-29-26(34)23-8-5-19(14-24(23)28)25-16-30-20(15-31-25)17-33(21-6-7-21)22-9-12-32(13-10-22)27(35)36-18(2)3/h5,8,14-16,18,21-22H,4,6-7,9-13,17H2,1-3H3,(H,29,34). The molecule has 4 rings (SSSR count). The van der Waals surface area contributed by atoms with Crippen molar-refractivity contribution in [3.8, 4) is 11.3 Å². The predicted octanol–water partition coefficient (Wildman–Crippen LogP) is 4.40. The SMILES string of the molecule is CCCNC(=O)c1ccc(-c2cnc(CN(C3CC3)C3CCN(C(=O)OC(C)C)CC3)cn2)cc1F. The summed E-state index contributed by atoms with van der Waals surface area (Å²) in [6.07, 6.45) is 8.04. The van der Waals surface area contributed by atoms with Gasteiger partial charge in [-0.25, -0.2) is 9.18 Å². The maximum Gasteiger partial charge on any atom is 0.410 e. The van der Waals surface area contributed by atoms with Gasteiger partial charge in [0.25, 0.3) is 5.91 Å². The van der Waals surface area contributed by atoms with Crippen LogP contribution in [0.15, 0.2) is 30.6 Å². The normalized spacial score (nSPS) is 16.4. The number of hydrogen-bond donors (Lipinski definition) is 1. The van der Waals surface area contributed by atoms with Crippen molar-refractivity contribution >= 4 is 12.0 Å². The summed E-state index contributed by atoms with van der Waals surface area (Å²) in [7, 11) is 0. The van der Waals surface area contributed by atoms with Gasteiger partial charge in [-0.05, 0) is 58.1 Å². The van der Waals surface area contributed by atoms with Crippen LogP contribution in [0.25, 0.3) is 11.3 Å². The molecule has 1 aromatic carbocycles. The Labute approximate surface area is 212 Å². The molecule has 1 N–H and O–H groups in total. The summed E-state index contributed by atoms with van der Waals surface area (Å²) in [4.78, 5) is 37.7. The van der Waals surface area contributed by atoms with E-state index in [9.17, 15) is 14.0 Å². The van der Waals surface area contributed by atoms with E-state index in [1.165, 1.54) is 25.0 Å². The first-order valence-corrected chi connectivity index (χ1v) is 13.0. The Morgan fingerprint density at radius 1 is 1.14 bits per heavy atom. The molecule has 9 heteroatoms. The Morgan fingerprint density at radius 2 is 1.86 bits per heavy atom. The highest BCUT2D eigenvalue weighted by molar-refractivity contribution is 5.94. The molecular weight excluding hydrogens is 461 g/mol. The van der Waals surface area contributed by atoms with E-state index in [2.05, 4.69) is 20.2 Å². The molecule has 0 bridgehead atoms. The van der Waals surface area contributed by atoms with Crippen molar-refractivity contribution in [2.24, 2.45) is 0 Å². The molecule has 0 atom stereocenters. The second kappa shape index (κ2) is 11.8. The molecule has 1 aliphatic carbocycles. The Bertz CT molecular complexity index is 1050. The smallest absolute Gasteiger partial charge is 0.410 e. The Morgan fingerprint density at radius 3 is 2.44 bits per heavy atom. The fraction of sp³-hybridized carbons (Fsp3) is 0.556. The minimum Gasteiger partial charge on any atom is -0.447 e. The molecule has 194 valence electrons. The van der Waals surface area contributed by atoms with Crippen molar-refractivity contribution in [3.63, 3.8) is 0 Å². The van der Waals surface area contributed by atoms with Crippen LogP contribution in [0, 0.1) is 5.82 Å². The number of ether oxygens (including phenoxy) is 1. The zero-order valence-corrected chi connectivity index (χ0v) is 21.4. The Kier molecular flexibility index (Phi) is 8.51. The number of piperidine rings is 1. The third-order valence-corrected chi connectivity index (χ3v) is 6.64. The molecule has 0 spiro atoms. The molecule has 1 saturated heterocycles. The minimum atomic E-state index is -0.574. The highest BCUT2D eigenvalue weighted by Gasteiger charge is 2.36. The molecular formula is C27H36FN5O3. The molecule has 0 radical (unpaired) electrons. The average Bonchev–Trinajstić information content (AvgIpc) is 3.71. The minimum absolute atomic E-state index is 0.0281. The third kappa shape index (κ3) is 6.57. The van der Waals surface area contributed by atoms with Crippen LogP contribution in [0.1, 0.15) is 68.9 Å². The average molecular weight is 498 g/mol. The summed E-state index contributed by atoms with van der Waals surface area (Å²) in [6, 6.07) is 5.46. The van der Waals surface area contributed by atoms with E-state index in [1.54, 1.807) is 23.4 Å². The van der Waals surface area contributed by atoms with Gasteiger partial charge in [0.1, 0.15) is 5.82 Å². The molecule has 0 unspecified atom stereocenters. The van der Waals surface area contributed by atoms with Gasteiger partial charge in [-0.1, -0.05) is 13.0 Å². The van der Waals surface area contributed by atoms with Gasteiger partial charge in [-0.2, -0.15) is 0 Å². The van der Waals surface area contributed by atoms with E-state index >= 15 is 0 Å². The number of nitrogens with zero attached hydrogens (tertiary/aromatic N) is 4. The van der Waals surface area contributed by atoms with Crippen LogP contribution in [0.4, 0.5) is 9.18 Å². The van der Waals surface area contributed by atoms with Crippen molar-refractivity contribution < 1.29 is 18.7 Å². The van der Waals surface area contributed by atoms with Crippen LogP contribution in [-0.4, -0.2) is 69.6 Å². The Hall–Kier alpha value is -3.07. The lowest BCUT2D eigenvalue weighted by Gasteiger charge is -2.38. The maximum absolute atomic E-state index is 14.6. The number of carbonyl (C=O) groups excluding carboxylic acids is 2. The lowest BCUT2D eigenvalue weighted by atomic mass is 10.0. The zero-order valence-electron chi connectivity index (χ0n) is 21.4. The van der Waals surface area contributed by atoms with Crippen LogP contribution >= 0.6 is 0 Å². The second-order valence-corrected chi connectivity index (χ2v) is 9.90. The van der Waals surface area contributed by atoms with Crippen LogP contribution < -0.4 is 5.32 Å². The van der Waals surface area contributed by atoms with Gasteiger partial charge in [0, 0.05) is 43.8 Å². The fourth-order valence-electron chi connectivity index (χ4n) is 4.58. The quantitative estimate of drug-likeness (QED) is 0.553. The van der Waals surface area contributed by atoms with Crippen LogP contribution in [0.2, 0.25) is 0 Å². The topological polar surface area (TPSA) is 87.7 Å². The van der Waals surface area contributed by atoms with Gasteiger partial charge in [-0.3, -0.25) is 19.7 Å². The molecule has 2 amide bonds. The van der Waals surface area contributed by atoms with E-state index in [1.807, 2.05) is 20.8 Å². The highest BCUT2D eigenvalue weighted by Crippen LogP contribution is 2.33. The first-order chi connectivity index (χ1) is 17.4. The lowest BCUT2D eigenvalue weighted by Crippen LogP contribution is -2.47. The van der Waals surface area contributed by atoms with Gasteiger partial charge < -0.3 is 15.0 Å². The number of halogens is 1. The number of benzene rings is 1. The van der Waals surface area contributed by atoms with Gasteiger partial charge >= 0.3 is 6.09 Å². The molecule has 2 aromatic rings. The number of carbonyl (C=O) groups is 2. The number of aromatic nitrogens is 2. The molecule has 36 heavy (non-hydrogen) atoms. The van der Waals surface area contributed by atoms with Gasteiger partial charge in [0.2, 0.25) is 0 Å². The van der Waals surface area contributed by atoms with Crippen molar-refractivity contribution in [3.05, 3.63) is 47.7 Å². The fourth-order valence-corrected chi connectivity index (χ4v) is 4.58. The predicted molar refractivity (Wildman–Crippen MR) is 135 cm³/mol. The van der Waals surface area contributed by atoms with Gasteiger partial charge in [0.05, 0.1) is 35.4 Å². The van der Waals surface area contributed by atoms with Gasteiger partial charge in [0.15, 0.2) is 0 Å². The highest BCUT2D eigenvalue weighted by atomic mass is 19.1. The summed E-state index contributed by atoms with van der Waals surface area (Å²) in [5.74, 6) is -0.986. The molecule has 2 aliphatic rings. The number of likely N-dealkylation sites (tertiary alicyclic amines) is 1. The van der Waals surface area contributed by atoms with Crippen LogP contribution in [0.5, 0.6) is 0 Å². The van der Waals surface area contributed by atoms with Crippen molar-refractivity contribution in [2.75, 3.05) is 19.6 Å². The van der Waals surface area contributed by atoms with E-state index < -0.39 is 11.7 Å². The number of amides is 2. The van der Waals surface area contributed by atoms with E-state index in [4.69, 9.17) is 4.74 Å². The van der Waals surface area contributed by atoms with Crippen LogP contribution in [-0.2, 0) is 11.3 Å². The third-order valence-electron chi connectivity index (χ3n) is 6.64. The summed E-state index contributed by atoms with van der Waals surface area (Å²) >= 11 is 0. The van der Waals surface area contributed by atoms with Gasteiger partial charge in [-0.15, -0.1) is 0 Å². The second-order valence-electron chi connectivity index (χ2n) is 9.90. The zero-order chi connectivity index (χ0) is 25.7. The molecule has 8 nitrogen and oxygen atoms in total. The number of hydrogen-bond acceptors (Lipinski definition) is 6. The largest absolute Gasteiger partial charge is 0.447 e. The van der Waals surface area contributed by atoms with Crippen molar-refractivity contribution in [1.29, 1.82) is 0 Å². The summed E-state index contributed by atoms with van der Waals surface area (Å²) in [5.41, 5.74) is 2.04. The number of rotatable bonds is 9. The molecule has 1 aliphatic heterocycles. The first-order valence-electron chi connectivity index (χ1n) is 13.0. The maximum atomic E-state index is 14.6. The number of nitrogens with one attached hydrogen (secondary N) is 1. The van der Waals surface area contributed by atoms with Crippen molar-refractivity contribution in [2.45, 2.75) is 77.6 Å². The molecule has 1 saturated carbocycles. The lowest BCUT2D eigenvalue weighted by molar-refractivity contribution is 0.0515. The monoisotopic (exact) mass is 497 g/mol. The first kappa shape index (κ1) is 26.0. The molecule has 2 fully saturated rings. The van der Waals surface area contributed by atoms with E-state index in [-0.39, 0.29) is 17.8 Å². The van der Waals surface area contributed by atoms with Crippen molar-refractivity contribution in [1.82, 2.24) is 25.1 Å². The summed E-state index contributed by atoms with van der Waals surface area (Å²) in [6.45, 7) is 8.28. The van der Waals surface area contributed by atoms with E-state index in [0.717, 1.165) is 25.0 Å². The molecule has 1 aromatic heterocycles. The Balaban J connectivity index is 1.37. The van der Waals surface area contributed by atoms with E-state index in [0.29, 0.717) is 49.5 Å². The summed E-state index contributed by atoms with van der Waals surface area (Å²) in [5, 5.41) is 2.69.